The van der Waals surface area contributed by atoms with E-state index in [2.05, 4.69) is 17.0 Å². The Labute approximate surface area is 153 Å². The molecule has 1 fully saturated rings. The minimum atomic E-state index is -0.417. The van der Waals surface area contributed by atoms with Gasteiger partial charge in [0.2, 0.25) is 0 Å². The number of hydrazone groups is 1. The highest BCUT2D eigenvalue weighted by atomic mass is 19.1. The summed E-state index contributed by atoms with van der Waals surface area (Å²) >= 11 is 0. The minimum Gasteiger partial charge on any atom is -0.370 e. The first-order chi connectivity index (χ1) is 12.7. The average Bonchev–Trinajstić information content (AvgIpc) is 2.96. The fourth-order valence-corrected chi connectivity index (χ4v) is 3.21. The van der Waals surface area contributed by atoms with Crippen molar-refractivity contribution >= 4 is 23.5 Å². The molecule has 1 amide bonds. The molecule has 1 atom stereocenters. The van der Waals surface area contributed by atoms with Gasteiger partial charge in [-0.2, -0.15) is 10.1 Å². The number of carbonyl (C=O) groups is 1. The smallest absolute Gasteiger partial charge is 0.261 e. The summed E-state index contributed by atoms with van der Waals surface area (Å²) < 4.78 is 18.5. The molecule has 0 aliphatic carbocycles. The summed E-state index contributed by atoms with van der Waals surface area (Å²) in [5, 5.41) is 5.84. The van der Waals surface area contributed by atoms with E-state index in [1.54, 1.807) is 18.3 Å². The van der Waals surface area contributed by atoms with Gasteiger partial charge in [-0.15, -0.1) is 0 Å². The number of ether oxygens (including phenoxy) is 1. The predicted octanol–water partition coefficient (Wildman–Crippen LogP) is 0.930. The van der Waals surface area contributed by atoms with Crippen LogP contribution < -0.4 is 9.91 Å². The molecule has 1 saturated heterocycles. The number of carbonyl (C=O) groups excluding carboxylic acids is 1. The zero-order valence-corrected chi connectivity index (χ0v) is 15.2. The van der Waals surface area contributed by atoms with Gasteiger partial charge in [-0.25, -0.2) is 4.39 Å². The number of halogens is 1. The molecule has 3 rings (SSSR count). The maximum atomic E-state index is 13.1. The monoisotopic (exact) mass is 361 g/mol. The zero-order chi connectivity index (χ0) is 18.4. The van der Waals surface area contributed by atoms with Crippen molar-refractivity contribution in [2.24, 2.45) is 16.0 Å². The number of amides is 1. The number of benzene rings is 1. The summed E-state index contributed by atoms with van der Waals surface area (Å²) in [6, 6.07) is 5.82. The van der Waals surface area contributed by atoms with E-state index in [0.29, 0.717) is 12.2 Å². The molecule has 1 aromatic rings. The van der Waals surface area contributed by atoms with E-state index < -0.39 is 5.92 Å². The summed E-state index contributed by atoms with van der Waals surface area (Å²) in [7, 11) is 0. The maximum Gasteiger partial charge on any atom is 0.261 e. The van der Waals surface area contributed by atoms with E-state index in [-0.39, 0.29) is 11.7 Å². The molecule has 0 aromatic heterocycles. The van der Waals surface area contributed by atoms with Gasteiger partial charge in [-0.3, -0.25) is 9.79 Å². The van der Waals surface area contributed by atoms with Gasteiger partial charge in [0.1, 0.15) is 24.8 Å². The molecule has 2 aliphatic rings. The van der Waals surface area contributed by atoms with Gasteiger partial charge in [0, 0.05) is 6.21 Å². The highest BCUT2D eigenvalue weighted by Crippen LogP contribution is 2.25. The molecular weight excluding hydrogens is 335 g/mol. The van der Waals surface area contributed by atoms with Crippen LogP contribution in [0.25, 0.3) is 0 Å². The summed E-state index contributed by atoms with van der Waals surface area (Å²) in [4.78, 5) is 18.8. The lowest BCUT2D eigenvalue weighted by Gasteiger charge is -2.22. The van der Waals surface area contributed by atoms with E-state index in [4.69, 9.17) is 4.74 Å². The van der Waals surface area contributed by atoms with Crippen LogP contribution in [0.15, 0.2) is 34.4 Å². The van der Waals surface area contributed by atoms with E-state index in [0.717, 1.165) is 51.4 Å². The molecule has 0 unspecified atom stereocenters. The van der Waals surface area contributed by atoms with Gasteiger partial charge in [-0.05, 0) is 30.7 Å². The molecule has 0 radical (unpaired) electrons. The first kappa shape index (κ1) is 18.7. The molecule has 140 valence electrons. The van der Waals surface area contributed by atoms with Crippen molar-refractivity contribution in [2.75, 3.05) is 44.4 Å². The van der Waals surface area contributed by atoms with Crippen molar-refractivity contribution in [1.82, 2.24) is 0 Å². The number of anilines is 1. The Morgan fingerprint density at radius 1 is 1.35 bits per heavy atom. The normalized spacial score (nSPS) is 21.6. The third-order valence-electron chi connectivity index (χ3n) is 4.69. The molecule has 2 heterocycles. The molecule has 0 bridgehead atoms. The molecular formula is C19H26FN4O2+. The Bertz CT molecular complexity index is 669. The van der Waals surface area contributed by atoms with Gasteiger partial charge in [0.05, 0.1) is 37.7 Å². The van der Waals surface area contributed by atoms with Crippen LogP contribution in [0.3, 0.4) is 0 Å². The number of nitrogens with one attached hydrogen (secondary N) is 1. The highest BCUT2D eigenvalue weighted by Gasteiger charge is 2.34. The van der Waals surface area contributed by atoms with E-state index >= 15 is 0 Å². The van der Waals surface area contributed by atoms with Crippen LogP contribution in [0.1, 0.15) is 19.8 Å². The van der Waals surface area contributed by atoms with Crippen LogP contribution in [-0.4, -0.2) is 57.2 Å². The van der Waals surface area contributed by atoms with Gasteiger partial charge >= 0.3 is 0 Å². The molecule has 6 nitrogen and oxygen atoms in total. The van der Waals surface area contributed by atoms with Crippen LogP contribution in [0.4, 0.5) is 10.1 Å². The first-order valence-corrected chi connectivity index (χ1v) is 9.27. The topological polar surface area (TPSA) is 58.7 Å². The molecule has 7 heteroatoms. The minimum absolute atomic E-state index is 0.123. The summed E-state index contributed by atoms with van der Waals surface area (Å²) in [6.07, 6.45) is 3.39. The zero-order valence-electron chi connectivity index (χ0n) is 15.2. The lowest BCUT2D eigenvalue weighted by molar-refractivity contribution is -0.906. The third kappa shape index (κ3) is 4.53. The maximum absolute atomic E-state index is 13.1. The summed E-state index contributed by atoms with van der Waals surface area (Å²) in [5.74, 6) is -0.871. The molecule has 0 saturated carbocycles. The van der Waals surface area contributed by atoms with Crippen LogP contribution in [0.5, 0.6) is 0 Å². The van der Waals surface area contributed by atoms with Crippen molar-refractivity contribution in [3.63, 3.8) is 0 Å². The van der Waals surface area contributed by atoms with Crippen molar-refractivity contribution in [1.29, 1.82) is 0 Å². The van der Waals surface area contributed by atoms with Crippen LogP contribution >= 0.6 is 0 Å². The van der Waals surface area contributed by atoms with Crippen LogP contribution in [0.2, 0.25) is 0 Å². The van der Waals surface area contributed by atoms with Crippen molar-refractivity contribution in [3.05, 3.63) is 30.1 Å². The highest BCUT2D eigenvalue weighted by molar-refractivity contribution is 6.24. The van der Waals surface area contributed by atoms with Gasteiger partial charge in [0.25, 0.3) is 5.91 Å². The number of hydrogen-bond donors (Lipinski definition) is 1. The molecule has 26 heavy (non-hydrogen) atoms. The standard InChI is InChI=1S/C19H25FN4O2/c1-2-3-18-17(14-21-8-9-23-10-12-26-13-11-23)19(25)24(22-18)16-6-4-15(20)5-7-16/h4-7,14,17H,2-3,8-13H2,1H3/p+1/t17-/m1/s1. The predicted molar refractivity (Wildman–Crippen MR) is 99.5 cm³/mol. The first-order valence-electron chi connectivity index (χ1n) is 9.27. The number of hydrogen-bond acceptors (Lipinski definition) is 4. The number of morpholine rings is 1. The molecule has 1 N–H and O–H groups in total. The Kier molecular flexibility index (Phi) is 6.46. The second kappa shape index (κ2) is 9.00. The Hall–Kier alpha value is -2.12. The van der Waals surface area contributed by atoms with Crippen LogP contribution in [0, 0.1) is 11.7 Å². The number of rotatable bonds is 7. The molecule has 2 aliphatic heterocycles. The second-order valence-corrected chi connectivity index (χ2v) is 6.61. The van der Waals surface area contributed by atoms with E-state index in [1.165, 1.54) is 22.0 Å². The van der Waals surface area contributed by atoms with Crippen molar-refractivity contribution < 1.29 is 18.8 Å². The second-order valence-electron chi connectivity index (χ2n) is 6.61. The number of nitrogens with zero attached hydrogens (tertiary/aromatic N) is 3. The number of aliphatic imine (C=N–C) groups is 1. The quantitative estimate of drug-likeness (QED) is 0.735. The SMILES string of the molecule is CCCC1=NN(c2ccc(F)cc2)C(=O)[C@@H]1C=NCC[NH+]1CCOCC1. The fraction of sp³-hybridized carbons (Fsp3) is 0.526. The van der Waals surface area contributed by atoms with Gasteiger partial charge in [-0.1, -0.05) is 13.3 Å². The fourth-order valence-electron chi connectivity index (χ4n) is 3.21. The summed E-state index contributed by atoms with van der Waals surface area (Å²) in [5.41, 5.74) is 1.41. The van der Waals surface area contributed by atoms with Crippen molar-refractivity contribution in [2.45, 2.75) is 19.8 Å². The average molecular weight is 361 g/mol. The van der Waals surface area contributed by atoms with Crippen LogP contribution in [-0.2, 0) is 9.53 Å². The largest absolute Gasteiger partial charge is 0.370 e. The molecule has 0 spiro atoms. The van der Waals surface area contributed by atoms with Gasteiger partial charge in [0.15, 0.2) is 0 Å². The third-order valence-corrected chi connectivity index (χ3v) is 4.69. The Balaban J connectivity index is 1.63. The number of quaternary nitrogens is 1. The lowest BCUT2D eigenvalue weighted by atomic mass is 10.0. The lowest BCUT2D eigenvalue weighted by Crippen LogP contribution is -3.14. The Morgan fingerprint density at radius 2 is 2.08 bits per heavy atom. The summed E-state index contributed by atoms with van der Waals surface area (Å²) in [6.45, 7) is 7.33. The molecule has 1 aromatic carbocycles. The van der Waals surface area contributed by atoms with Crippen molar-refractivity contribution in [3.8, 4) is 0 Å². The van der Waals surface area contributed by atoms with Gasteiger partial charge < -0.3 is 9.64 Å². The Morgan fingerprint density at radius 3 is 2.77 bits per heavy atom. The van der Waals surface area contributed by atoms with E-state index in [9.17, 15) is 9.18 Å². The van der Waals surface area contributed by atoms with E-state index in [1.807, 2.05) is 0 Å².